The summed E-state index contributed by atoms with van der Waals surface area (Å²) in [7, 11) is 0. The van der Waals surface area contributed by atoms with Gasteiger partial charge in [0.05, 0.1) is 0 Å². The van der Waals surface area contributed by atoms with E-state index in [1.54, 1.807) is 30.3 Å². The topological polar surface area (TPSA) is 71.1 Å². The van der Waals surface area contributed by atoms with Gasteiger partial charge in [-0.15, -0.1) is 0 Å². The van der Waals surface area contributed by atoms with Gasteiger partial charge in [-0.05, 0) is 36.4 Å². The number of hydrogen-bond donors (Lipinski definition) is 1. The fourth-order valence-electron chi connectivity index (χ4n) is 2.94. The highest BCUT2D eigenvalue weighted by Crippen LogP contribution is 2.34. The van der Waals surface area contributed by atoms with Crippen LogP contribution in [0.15, 0.2) is 42.5 Å². The number of hydrogen-bond acceptors (Lipinski definition) is 4. The van der Waals surface area contributed by atoms with Crippen LogP contribution in [0.3, 0.4) is 0 Å². The van der Waals surface area contributed by atoms with Crippen molar-refractivity contribution in [3.63, 3.8) is 0 Å². The monoisotopic (exact) mass is 357 g/mol. The lowest BCUT2D eigenvalue weighted by molar-refractivity contribution is -0.116. The fourth-order valence-corrected chi connectivity index (χ4v) is 2.94. The Kier molecular flexibility index (Phi) is 4.08. The van der Waals surface area contributed by atoms with E-state index >= 15 is 0 Å². The second kappa shape index (κ2) is 6.55. The minimum absolute atomic E-state index is 0.0645. The van der Waals surface area contributed by atoms with Crippen molar-refractivity contribution in [2.45, 2.75) is 0 Å². The van der Waals surface area contributed by atoms with Crippen molar-refractivity contribution in [3.05, 3.63) is 48.3 Å². The Morgan fingerprint density at radius 2 is 1.85 bits per heavy atom. The quantitative estimate of drug-likeness (QED) is 0.912. The zero-order valence-electron chi connectivity index (χ0n) is 13.8. The number of amides is 3. The first-order valence-corrected chi connectivity index (χ1v) is 8.12. The van der Waals surface area contributed by atoms with Crippen molar-refractivity contribution in [3.8, 4) is 11.5 Å². The summed E-state index contributed by atoms with van der Waals surface area (Å²) in [4.78, 5) is 27.7. The number of halogens is 1. The lowest BCUT2D eigenvalue weighted by Gasteiger charge is -2.18. The molecule has 0 bridgehead atoms. The van der Waals surface area contributed by atoms with Crippen LogP contribution >= 0.6 is 0 Å². The molecule has 0 unspecified atom stereocenters. The molecule has 1 N–H and O–H groups in total. The van der Waals surface area contributed by atoms with E-state index in [1.807, 2.05) is 0 Å². The first-order chi connectivity index (χ1) is 12.6. The van der Waals surface area contributed by atoms with Crippen LogP contribution in [0.4, 0.5) is 20.6 Å². The minimum Gasteiger partial charge on any atom is -0.454 e. The highest BCUT2D eigenvalue weighted by molar-refractivity contribution is 5.99. The molecular weight excluding hydrogens is 341 g/mol. The van der Waals surface area contributed by atoms with Gasteiger partial charge >= 0.3 is 6.03 Å². The summed E-state index contributed by atoms with van der Waals surface area (Å²) in [6.07, 6.45) is 0. The molecule has 0 atom stereocenters. The molecule has 2 aromatic rings. The second-order valence-electron chi connectivity index (χ2n) is 5.95. The van der Waals surface area contributed by atoms with E-state index in [9.17, 15) is 14.0 Å². The molecule has 0 radical (unpaired) electrons. The number of nitrogens with zero attached hydrogens (tertiary/aromatic N) is 2. The molecule has 3 amide bonds. The summed E-state index contributed by atoms with van der Waals surface area (Å²) in [6.45, 7) is 0.964. The standard InChI is InChI=1S/C18H16FN3O4/c19-12-1-4-14(5-2-12)22-8-7-21(18(22)24)10-17(23)20-13-3-6-15-16(9-13)26-11-25-15/h1-6,9H,7-8,10-11H2,(H,20,23). The van der Waals surface area contributed by atoms with Crippen LogP contribution in [0.25, 0.3) is 0 Å². The molecule has 1 fully saturated rings. The Bertz CT molecular complexity index is 856. The molecule has 0 spiro atoms. The van der Waals surface area contributed by atoms with Gasteiger partial charge in [0.1, 0.15) is 12.4 Å². The van der Waals surface area contributed by atoms with Crippen molar-refractivity contribution in [2.24, 2.45) is 0 Å². The minimum atomic E-state index is -0.361. The van der Waals surface area contributed by atoms with Crippen molar-refractivity contribution in [1.82, 2.24) is 4.90 Å². The van der Waals surface area contributed by atoms with Gasteiger partial charge in [-0.1, -0.05) is 0 Å². The Morgan fingerprint density at radius 3 is 2.65 bits per heavy atom. The lowest BCUT2D eigenvalue weighted by Crippen LogP contribution is -2.37. The number of anilines is 2. The number of benzene rings is 2. The number of carbonyl (C=O) groups is 2. The van der Waals surface area contributed by atoms with Crippen LogP contribution in [0.1, 0.15) is 0 Å². The summed E-state index contributed by atoms with van der Waals surface area (Å²) >= 11 is 0. The Hall–Kier alpha value is -3.29. The van der Waals surface area contributed by atoms with Crippen molar-refractivity contribution < 1.29 is 23.5 Å². The number of ether oxygens (including phenoxy) is 2. The van der Waals surface area contributed by atoms with Crippen LogP contribution in [-0.4, -0.2) is 43.3 Å². The number of urea groups is 1. The zero-order chi connectivity index (χ0) is 18.1. The van der Waals surface area contributed by atoms with Crippen molar-refractivity contribution in [2.75, 3.05) is 36.6 Å². The first kappa shape index (κ1) is 16.2. The summed E-state index contributed by atoms with van der Waals surface area (Å²) in [6, 6.07) is 10.5. The van der Waals surface area contributed by atoms with Gasteiger partial charge in [0.15, 0.2) is 11.5 Å². The third-order valence-corrected chi connectivity index (χ3v) is 4.22. The maximum absolute atomic E-state index is 13.0. The molecule has 8 heteroatoms. The normalized spacial score (nSPS) is 15.5. The Balaban J connectivity index is 1.37. The molecule has 2 aromatic carbocycles. The maximum atomic E-state index is 13.0. The van der Waals surface area contributed by atoms with Crippen molar-refractivity contribution >= 4 is 23.3 Å². The molecule has 1 saturated heterocycles. The number of carbonyl (C=O) groups excluding carboxylic acids is 2. The third-order valence-electron chi connectivity index (χ3n) is 4.22. The van der Waals surface area contributed by atoms with Gasteiger partial charge in [-0.2, -0.15) is 0 Å². The van der Waals surface area contributed by atoms with E-state index in [1.165, 1.54) is 21.9 Å². The van der Waals surface area contributed by atoms with Gasteiger partial charge in [-0.3, -0.25) is 9.69 Å². The van der Waals surface area contributed by atoms with E-state index < -0.39 is 0 Å². The largest absolute Gasteiger partial charge is 0.454 e. The fraction of sp³-hybridized carbons (Fsp3) is 0.222. The molecule has 0 aliphatic carbocycles. The average molecular weight is 357 g/mol. The van der Waals surface area contributed by atoms with Gasteiger partial charge in [0.2, 0.25) is 12.7 Å². The van der Waals surface area contributed by atoms with Crippen LogP contribution in [-0.2, 0) is 4.79 Å². The maximum Gasteiger partial charge on any atom is 0.325 e. The molecule has 26 heavy (non-hydrogen) atoms. The Labute approximate surface area is 148 Å². The SMILES string of the molecule is O=C(CN1CCN(c2ccc(F)cc2)C1=O)Nc1ccc2c(c1)OCO2. The number of rotatable bonds is 4. The molecular formula is C18H16FN3O4. The highest BCUT2D eigenvalue weighted by Gasteiger charge is 2.30. The van der Waals surface area contributed by atoms with Gasteiger partial charge in [-0.25, -0.2) is 9.18 Å². The van der Waals surface area contributed by atoms with E-state index in [0.29, 0.717) is 36.0 Å². The van der Waals surface area contributed by atoms with Crippen molar-refractivity contribution in [1.29, 1.82) is 0 Å². The van der Waals surface area contributed by atoms with Gasteiger partial charge < -0.3 is 19.7 Å². The highest BCUT2D eigenvalue weighted by atomic mass is 19.1. The van der Waals surface area contributed by atoms with E-state index in [4.69, 9.17) is 9.47 Å². The predicted octanol–water partition coefficient (Wildman–Crippen LogP) is 2.44. The number of fused-ring (bicyclic) bond motifs is 1. The molecule has 2 aliphatic heterocycles. The molecule has 2 heterocycles. The summed E-state index contributed by atoms with van der Waals surface area (Å²) in [5, 5.41) is 2.74. The van der Waals surface area contributed by atoms with Crippen LogP contribution in [0, 0.1) is 5.82 Å². The molecule has 4 rings (SSSR count). The van der Waals surface area contributed by atoms with Crippen LogP contribution in [0.5, 0.6) is 11.5 Å². The summed E-state index contributed by atoms with van der Waals surface area (Å²) < 4.78 is 23.5. The smallest absolute Gasteiger partial charge is 0.325 e. The first-order valence-electron chi connectivity index (χ1n) is 8.12. The molecule has 0 saturated carbocycles. The van der Waals surface area contributed by atoms with Crippen LogP contribution < -0.4 is 19.7 Å². The predicted molar refractivity (Wildman–Crippen MR) is 91.9 cm³/mol. The van der Waals surface area contributed by atoms with Crippen LogP contribution in [0.2, 0.25) is 0 Å². The average Bonchev–Trinajstić information content (AvgIpc) is 3.23. The lowest BCUT2D eigenvalue weighted by atomic mass is 10.2. The van der Waals surface area contributed by atoms with Gasteiger partial charge in [0, 0.05) is 30.5 Å². The van der Waals surface area contributed by atoms with E-state index in [0.717, 1.165) is 0 Å². The molecule has 134 valence electrons. The zero-order valence-corrected chi connectivity index (χ0v) is 13.8. The third kappa shape index (κ3) is 3.13. The summed E-state index contributed by atoms with van der Waals surface area (Å²) in [5.41, 5.74) is 1.18. The van der Waals surface area contributed by atoms with E-state index in [2.05, 4.69) is 5.32 Å². The molecule has 0 aromatic heterocycles. The number of nitrogens with one attached hydrogen (secondary N) is 1. The summed E-state index contributed by atoms with van der Waals surface area (Å²) in [5.74, 6) is 0.536. The Morgan fingerprint density at radius 1 is 1.08 bits per heavy atom. The molecule has 7 nitrogen and oxygen atoms in total. The second-order valence-corrected chi connectivity index (χ2v) is 5.95. The molecule has 2 aliphatic rings. The van der Waals surface area contributed by atoms with E-state index in [-0.39, 0.29) is 31.1 Å². The van der Waals surface area contributed by atoms with Gasteiger partial charge in [0.25, 0.3) is 0 Å².